The van der Waals surface area contributed by atoms with Gasteiger partial charge in [0.15, 0.2) is 0 Å². The molecule has 1 aromatic rings. The molecule has 1 aromatic carbocycles. The lowest BCUT2D eigenvalue weighted by atomic mass is 10.1. The van der Waals surface area contributed by atoms with E-state index in [9.17, 15) is 9.90 Å². The molecule has 0 atom stereocenters. The summed E-state index contributed by atoms with van der Waals surface area (Å²) in [6.45, 7) is 2.05. The van der Waals surface area contributed by atoms with Crippen molar-refractivity contribution in [2.75, 3.05) is 0 Å². The van der Waals surface area contributed by atoms with Crippen molar-refractivity contribution in [1.82, 2.24) is 0 Å². The molecule has 0 radical (unpaired) electrons. The molecule has 1 heterocycles. The van der Waals surface area contributed by atoms with Crippen molar-refractivity contribution in [2.45, 2.75) is 19.8 Å². The van der Waals surface area contributed by atoms with Crippen LogP contribution < -0.4 is 0 Å². The van der Waals surface area contributed by atoms with Crippen LogP contribution in [0.15, 0.2) is 24.3 Å². The van der Waals surface area contributed by atoms with E-state index in [1.807, 2.05) is 6.08 Å². The van der Waals surface area contributed by atoms with Crippen molar-refractivity contribution in [3.63, 3.8) is 0 Å². The maximum absolute atomic E-state index is 11.4. The average Bonchev–Trinajstić information content (AvgIpc) is 2.54. The highest BCUT2D eigenvalue weighted by molar-refractivity contribution is 6.05. The number of ether oxygens (including phenoxy) is 1. The Morgan fingerprint density at radius 3 is 3.00 bits per heavy atom. The number of esters is 1. The van der Waals surface area contributed by atoms with Gasteiger partial charge in [-0.05, 0) is 18.6 Å². The molecule has 3 nitrogen and oxygen atoms in total. The fourth-order valence-corrected chi connectivity index (χ4v) is 1.59. The van der Waals surface area contributed by atoms with E-state index in [1.54, 1.807) is 12.1 Å². The zero-order valence-electron chi connectivity index (χ0n) is 8.49. The summed E-state index contributed by atoms with van der Waals surface area (Å²) < 4.78 is 5.08. The Hall–Kier alpha value is -1.77. The maximum atomic E-state index is 11.4. The molecule has 2 rings (SSSR count). The van der Waals surface area contributed by atoms with Gasteiger partial charge in [0.25, 0.3) is 0 Å². The van der Waals surface area contributed by atoms with Crippen molar-refractivity contribution in [2.24, 2.45) is 0 Å². The lowest BCUT2D eigenvalue weighted by molar-refractivity contribution is 0.0713. The minimum Gasteiger partial charge on any atom is -0.507 e. The van der Waals surface area contributed by atoms with Crippen LogP contribution in [0.2, 0.25) is 0 Å². The monoisotopic (exact) mass is 204 g/mol. The van der Waals surface area contributed by atoms with Crippen LogP contribution in [0.3, 0.4) is 0 Å². The summed E-state index contributed by atoms with van der Waals surface area (Å²) in [6, 6.07) is 4.97. The highest BCUT2D eigenvalue weighted by Crippen LogP contribution is 2.35. The predicted octanol–water partition coefficient (Wildman–Crippen LogP) is 2.70. The van der Waals surface area contributed by atoms with Gasteiger partial charge >= 0.3 is 5.97 Å². The molecule has 15 heavy (non-hydrogen) atoms. The van der Waals surface area contributed by atoms with Crippen molar-refractivity contribution in [1.29, 1.82) is 0 Å². The number of benzene rings is 1. The SMILES string of the molecule is CCCC=C1OC(=O)c2c(O)cccc21. The number of hydrogen-bond donors (Lipinski definition) is 1. The fourth-order valence-electron chi connectivity index (χ4n) is 1.59. The summed E-state index contributed by atoms with van der Waals surface area (Å²) >= 11 is 0. The first kappa shape index (κ1) is 9.77. The van der Waals surface area contributed by atoms with Crippen LogP contribution in [0.25, 0.3) is 5.76 Å². The lowest BCUT2D eigenvalue weighted by Gasteiger charge is -1.97. The molecule has 0 saturated carbocycles. The molecular formula is C12H12O3. The van der Waals surface area contributed by atoms with Gasteiger partial charge in [-0.3, -0.25) is 0 Å². The van der Waals surface area contributed by atoms with Gasteiger partial charge in [0.05, 0.1) is 0 Å². The van der Waals surface area contributed by atoms with Crippen LogP contribution in [0.1, 0.15) is 35.7 Å². The number of fused-ring (bicyclic) bond motifs is 1. The Bertz CT molecular complexity index is 432. The van der Waals surface area contributed by atoms with Gasteiger partial charge in [0.1, 0.15) is 17.1 Å². The van der Waals surface area contributed by atoms with Crippen LogP contribution in [0.5, 0.6) is 5.75 Å². The van der Waals surface area contributed by atoms with E-state index in [0.717, 1.165) is 12.8 Å². The van der Waals surface area contributed by atoms with E-state index < -0.39 is 5.97 Å². The van der Waals surface area contributed by atoms with Crippen molar-refractivity contribution >= 4 is 11.7 Å². The molecule has 0 saturated heterocycles. The van der Waals surface area contributed by atoms with Gasteiger partial charge < -0.3 is 9.84 Å². The second kappa shape index (κ2) is 3.77. The third kappa shape index (κ3) is 1.61. The van der Waals surface area contributed by atoms with Crippen LogP contribution in [-0.4, -0.2) is 11.1 Å². The molecule has 0 bridgehead atoms. The van der Waals surface area contributed by atoms with Gasteiger partial charge in [-0.15, -0.1) is 0 Å². The van der Waals surface area contributed by atoms with Crippen molar-refractivity contribution < 1.29 is 14.6 Å². The highest BCUT2D eigenvalue weighted by Gasteiger charge is 2.28. The van der Waals surface area contributed by atoms with Crippen molar-refractivity contribution in [3.8, 4) is 5.75 Å². The lowest BCUT2D eigenvalue weighted by Crippen LogP contribution is -1.93. The van der Waals surface area contributed by atoms with E-state index in [2.05, 4.69) is 6.92 Å². The summed E-state index contributed by atoms with van der Waals surface area (Å²) in [6.07, 6.45) is 3.73. The Labute approximate surface area is 88.0 Å². The van der Waals surface area contributed by atoms with Gasteiger partial charge in [-0.1, -0.05) is 25.5 Å². The van der Waals surface area contributed by atoms with E-state index in [-0.39, 0.29) is 11.3 Å². The number of unbranched alkanes of at least 4 members (excludes halogenated alkanes) is 1. The molecule has 1 N–H and O–H groups in total. The second-order valence-electron chi connectivity index (χ2n) is 3.45. The Balaban J connectivity index is 2.47. The molecule has 0 spiro atoms. The number of hydrogen-bond acceptors (Lipinski definition) is 3. The molecule has 3 heteroatoms. The molecule has 78 valence electrons. The third-order valence-corrected chi connectivity index (χ3v) is 2.33. The minimum atomic E-state index is -0.467. The number of allylic oxidation sites excluding steroid dienone is 1. The average molecular weight is 204 g/mol. The predicted molar refractivity (Wildman–Crippen MR) is 56.4 cm³/mol. The first-order valence-corrected chi connectivity index (χ1v) is 4.98. The number of carbonyl (C=O) groups excluding carboxylic acids is 1. The summed E-state index contributed by atoms with van der Waals surface area (Å²) in [5.41, 5.74) is 0.966. The number of carbonyl (C=O) groups is 1. The van der Waals surface area contributed by atoms with Gasteiger partial charge in [-0.25, -0.2) is 4.79 Å². The Kier molecular flexibility index (Phi) is 2.46. The number of rotatable bonds is 2. The van der Waals surface area contributed by atoms with E-state index >= 15 is 0 Å². The van der Waals surface area contributed by atoms with Gasteiger partial charge in [0, 0.05) is 5.56 Å². The number of aromatic hydroxyl groups is 1. The quantitative estimate of drug-likeness (QED) is 0.753. The van der Waals surface area contributed by atoms with E-state index in [0.29, 0.717) is 11.3 Å². The maximum Gasteiger partial charge on any atom is 0.348 e. The number of phenolic OH excluding ortho intramolecular Hbond substituents is 1. The van der Waals surface area contributed by atoms with Gasteiger partial charge in [-0.2, -0.15) is 0 Å². The highest BCUT2D eigenvalue weighted by atomic mass is 16.5. The minimum absolute atomic E-state index is 0.0163. The summed E-state index contributed by atoms with van der Waals surface area (Å²) in [7, 11) is 0. The van der Waals surface area contributed by atoms with Crippen LogP contribution in [-0.2, 0) is 4.74 Å². The van der Waals surface area contributed by atoms with Crippen molar-refractivity contribution in [3.05, 3.63) is 35.4 Å². The second-order valence-corrected chi connectivity index (χ2v) is 3.45. The summed E-state index contributed by atoms with van der Waals surface area (Å²) in [5, 5.41) is 9.52. The number of phenols is 1. The van der Waals surface area contributed by atoms with E-state index in [4.69, 9.17) is 4.74 Å². The molecule has 0 amide bonds. The summed E-state index contributed by atoms with van der Waals surface area (Å²) in [5.74, 6) is 0.0793. The molecule has 1 aliphatic heterocycles. The standard InChI is InChI=1S/C12H12O3/c1-2-3-7-10-8-5-4-6-9(13)11(8)12(14)15-10/h4-7,13H,2-3H2,1H3. The molecular weight excluding hydrogens is 192 g/mol. The van der Waals surface area contributed by atoms with Crippen LogP contribution in [0.4, 0.5) is 0 Å². The van der Waals surface area contributed by atoms with Crippen LogP contribution >= 0.6 is 0 Å². The summed E-state index contributed by atoms with van der Waals surface area (Å²) in [4.78, 5) is 11.4. The normalized spacial score (nSPS) is 16.6. The molecule has 0 fully saturated rings. The van der Waals surface area contributed by atoms with Crippen LogP contribution in [0, 0.1) is 0 Å². The number of cyclic esters (lactones) is 1. The van der Waals surface area contributed by atoms with E-state index in [1.165, 1.54) is 6.07 Å². The largest absolute Gasteiger partial charge is 0.507 e. The third-order valence-electron chi connectivity index (χ3n) is 2.33. The topological polar surface area (TPSA) is 46.5 Å². The first-order valence-electron chi connectivity index (χ1n) is 4.98. The molecule has 1 aliphatic rings. The molecule has 0 aliphatic carbocycles. The van der Waals surface area contributed by atoms with Gasteiger partial charge in [0.2, 0.25) is 0 Å². The Morgan fingerprint density at radius 1 is 1.47 bits per heavy atom. The zero-order chi connectivity index (χ0) is 10.8. The Morgan fingerprint density at radius 2 is 2.27 bits per heavy atom. The fraction of sp³-hybridized carbons (Fsp3) is 0.250. The first-order chi connectivity index (χ1) is 7.24. The smallest absolute Gasteiger partial charge is 0.348 e. The zero-order valence-corrected chi connectivity index (χ0v) is 8.49. The molecule has 0 aromatic heterocycles. The molecule has 0 unspecified atom stereocenters.